The average molecular weight is 450 g/mol. The van der Waals surface area contributed by atoms with Gasteiger partial charge in [0, 0.05) is 32.3 Å². The third kappa shape index (κ3) is 6.00. The number of thioether (sulfide) groups is 1. The molecule has 1 aromatic heterocycles. The van der Waals surface area contributed by atoms with Gasteiger partial charge in [-0.3, -0.25) is 14.4 Å². The van der Waals surface area contributed by atoms with Crippen LogP contribution in [0.3, 0.4) is 0 Å². The molecular formula is C19H23N5O4S2. The Labute approximate surface area is 182 Å². The Morgan fingerprint density at radius 3 is 2.97 bits per heavy atom. The van der Waals surface area contributed by atoms with E-state index >= 15 is 0 Å². The molecule has 1 fully saturated rings. The molecule has 2 heterocycles. The molecule has 0 bridgehead atoms. The number of nitrogens with zero attached hydrogens (tertiary/aromatic N) is 3. The van der Waals surface area contributed by atoms with Gasteiger partial charge in [-0.15, -0.1) is 10.2 Å². The number of nitrogens with one attached hydrogen (secondary N) is 2. The van der Waals surface area contributed by atoms with Crippen molar-refractivity contribution >= 4 is 51.6 Å². The number of carbonyl (C=O) groups excluding carboxylic acids is 3. The number of rotatable bonds is 9. The zero-order chi connectivity index (χ0) is 21.5. The van der Waals surface area contributed by atoms with Crippen LogP contribution in [0.4, 0.5) is 10.8 Å². The van der Waals surface area contributed by atoms with Gasteiger partial charge in [-0.2, -0.15) is 0 Å². The average Bonchev–Trinajstić information content (AvgIpc) is 3.33. The van der Waals surface area contributed by atoms with Crippen LogP contribution in [0.15, 0.2) is 28.6 Å². The van der Waals surface area contributed by atoms with Gasteiger partial charge < -0.3 is 20.3 Å². The van der Waals surface area contributed by atoms with Crippen LogP contribution in [-0.2, 0) is 19.1 Å². The van der Waals surface area contributed by atoms with E-state index in [0.29, 0.717) is 29.2 Å². The normalized spacial score (nSPS) is 16.0. The molecule has 0 spiro atoms. The number of amides is 3. The van der Waals surface area contributed by atoms with E-state index in [9.17, 15) is 14.4 Å². The first kappa shape index (κ1) is 22.2. The van der Waals surface area contributed by atoms with Crippen molar-refractivity contribution in [3.8, 4) is 0 Å². The van der Waals surface area contributed by atoms with Crippen molar-refractivity contribution in [2.24, 2.45) is 5.92 Å². The zero-order valence-electron chi connectivity index (χ0n) is 16.7. The summed E-state index contributed by atoms with van der Waals surface area (Å²) in [5.74, 6) is -0.713. The van der Waals surface area contributed by atoms with Crippen molar-refractivity contribution in [2.45, 2.75) is 17.7 Å². The Morgan fingerprint density at radius 1 is 1.37 bits per heavy atom. The maximum absolute atomic E-state index is 12.6. The number of carbonyl (C=O) groups is 3. The minimum atomic E-state index is -0.454. The van der Waals surface area contributed by atoms with Crippen LogP contribution < -0.4 is 15.5 Å². The van der Waals surface area contributed by atoms with Crippen molar-refractivity contribution in [2.75, 3.05) is 42.8 Å². The molecule has 0 saturated carbocycles. The fraction of sp³-hybridized carbons (Fsp3) is 0.421. The van der Waals surface area contributed by atoms with Gasteiger partial charge in [-0.25, -0.2) is 0 Å². The van der Waals surface area contributed by atoms with Gasteiger partial charge in [0.1, 0.15) is 0 Å². The van der Waals surface area contributed by atoms with Crippen LogP contribution in [0.5, 0.6) is 0 Å². The molecule has 160 valence electrons. The van der Waals surface area contributed by atoms with Crippen molar-refractivity contribution in [3.05, 3.63) is 29.8 Å². The summed E-state index contributed by atoms with van der Waals surface area (Å²) >= 11 is 2.44. The fourth-order valence-corrected chi connectivity index (χ4v) is 4.51. The second kappa shape index (κ2) is 10.5. The monoisotopic (exact) mass is 449 g/mol. The molecule has 0 radical (unpaired) electrons. The summed E-state index contributed by atoms with van der Waals surface area (Å²) in [6, 6.07) is 7.65. The second-order valence-electron chi connectivity index (χ2n) is 6.74. The third-order valence-electron chi connectivity index (χ3n) is 4.40. The number of methoxy groups -OCH3 is 1. The molecule has 1 aromatic carbocycles. The molecule has 1 saturated heterocycles. The Morgan fingerprint density at radius 2 is 2.20 bits per heavy atom. The van der Waals surface area contributed by atoms with Gasteiger partial charge in [-0.1, -0.05) is 35.2 Å². The Hall–Kier alpha value is -2.50. The van der Waals surface area contributed by atoms with Crippen molar-refractivity contribution in [1.82, 2.24) is 15.5 Å². The first-order valence-electron chi connectivity index (χ1n) is 9.36. The minimum Gasteiger partial charge on any atom is -0.383 e. The molecule has 1 atom stereocenters. The maximum Gasteiger partial charge on any atom is 0.231 e. The molecule has 9 nitrogen and oxygen atoms in total. The number of hydrogen-bond acceptors (Lipinski definition) is 8. The van der Waals surface area contributed by atoms with Gasteiger partial charge in [0.05, 0.1) is 18.3 Å². The molecule has 11 heteroatoms. The van der Waals surface area contributed by atoms with Crippen LogP contribution in [0.2, 0.25) is 0 Å². The van der Waals surface area contributed by atoms with Crippen molar-refractivity contribution in [3.63, 3.8) is 0 Å². The standard InChI is InChI=1S/C19H23N5O4S2/c1-12-4-3-5-14(8-12)24-10-13(9-16(24)26)17(27)21-18-22-23-19(30-18)29-11-15(25)20-6-7-28-2/h3-5,8,13H,6-7,9-11H2,1-2H3,(H,20,25)(H,21,22,27)/t13-/m0/s1. The first-order valence-corrected chi connectivity index (χ1v) is 11.2. The third-order valence-corrected chi connectivity index (χ3v) is 6.37. The highest BCUT2D eigenvalue weighted by molar-refractivity contribution is 8.01. The van der Waals surface area contributed by atoms with Crippen LogP contribution in [0, 0.1) is 12.8 Å². The molecule has 2 aromatic rings. The van der Waals surface area contributed by atoms with Gasteiger partial charge >= 0.3 is 0 Å². The molecule has 0 aliphatic carbocycles. The molecule has 1 aliphatic rings. The lowest BCUT2D eigenvalue weighted by Crippen LogP contribution is -2.28. The summed E-state index contributed by atoms with van der Waals surface area (Å²) in [5.41, 5.74) is 1.85. The minimum absolute atomic E-state index is 0.0752. The smallest absolute Gasteiger partial charge is 0.231 e. The quantitative estimate of drug-likeness (QED) is 0.340. The van der Waals surface area contributed by atoms with Gasteiger partial charge in [0.25, 0.3) is 0 Å². The lowest BCUT2D eigenvalue weighted by atomic mass is 10.1. The predicted molar refractivity (Wildman–Crippen MR) is 116 cm³/mol. The first-order chi connectivity index (χ1) is 14.5. The number of hydrogen-bond donors (Lipinski definition) is 2. The molecule has 3 amide bonds. The van der Waals surface area contributed by atoms with E-state index in [4.69, 9.17) is 4.74 Å². The van der Waals surface area contributed by atoms with Gasteiger partial charge in [0.2, 0.25) is 22.9 Å². The number of ether oxygens (including phenoxy) is 1. The highest BCUT2D eigenvalue weighted by atomic mass is 32.2. The van der Waals surface area contributed by atoms with E-state index in [2.05, 4.69) is 20.8 Å². The van der Waals surface area contributed by atoms with E-state index in [1.165, 1.54) is 23.1 Å². The Bertz CT molecular complexity index is 920. The lowest BCUT2D eigenvalue weighted by Gasteiger charge is -2.17. The van der Waals surface area contributed by atoms with Gasteiger partial charge in [0.15, 0.2) is 4.34 Å². The molecule has 2 N–H and O–H groups in total. The Balaban J connectivity index is 1.49. The highest BCUT2D eigenvalue weighted by Gasteiger charge is 2.35. The van der Waals surface area contributed by atoms with Crippen LogP contribution in [0.25, 0.3) is 0 Å². The number of benzene rings is 1. The number of aromatic nitrogens is 2. The summed E-state index contributed by atoms with van der Waals surface area (Å²) < 4.78 is 5.45. The molecule has 30 heavy (non-hydrogen) atoms. The van der Waals surface area contributed by atoms with Crippen molar-refractivity contribution < 1.29 is 19.1 Å². The summed E-state index contributed by atoms with van der Waals surface area (Å²) in [6.45, 7) is 3.20. The van der Waals surface area contributed by atoms with E-state index in [1.54, 1.807) is 12.0 Å². The highest BCUT2D eigenvalue weighted by Crippen LogP contribution is 2.29. The molecule has 1 aliphatic heterocycles. The van der Waals surface area contributed by atoms with Crippen LogP contribution in [0.1, 0.15) is 12.0 Å². The molecule has 3 rings (SSSR count). The van der Waals surface area contributed by atoms with Crippen molar-refractivity contribution in [1.29, 1.82) is 0 Å². The number of anilines is 2. The predicted octanol–water partition coefficient (Wildman–Crippen LogP) is 1.69. The fourth-order valence-electron chi connectivity index (χ4n) is 2.93. The second-order valence-corrected chi connectivity index (χ2v) is 8.94. The van der Waals surface area contributed by atoms with Gasteiger partial charge in [-0.05, 0) is 24.6 Å². The molecule has 0 unspecified atom stereocenters. The number of aryl methyl sites for hydroxylation is 1. The summed E-state index contributed by atoms with van der Waals surface area (Å²) in [7, 11) is 1.57. The van der Waals surface area contributed by atoms with E-state index in [-0.39, 0.29) is 29.9 Å². The van der Waals surface area contributed by atoms with Crippen LogP contribution in [-0.4, -0.2) is 60.5 Å². The SMILES string of the molecule is COCCNC(=O)CSc1nnc(NC(=O)[C@H]2CC(=O)N(c3cccc(C)c3)C2)s1. The molecular weight excluding hydrogens is 426 g/mol. The zero-order valence-corrected chi connectivity index (χ0v) is 18.3. The summed E-state index contributed by atoms with van der Waals surface area (Å²) in [4.78, 5) is 38.3. The Kier molecular flexibility index (Phi) is 7.77. The summed E-state index contributed by atoms with van der Waals surface area (Å²) in [6.07, 6.45) is 0.155. The van der Waals surface area contributed by atoms with E-state index in [0.717, 1.165) is 11.3 Å². The topological polar surface area (TPSA) is 114 Å². The van der Waals surface area contributed by atoms with E-state index in [1.807, 2.05) is 31.2 Å². The largest absolute Gasteiger partial charge is 0.383 e. The maximum atomic E-state index is 12.6. The lowest BCUT2D eigenvalue weighted by molar-refractivity contribution is -0.122. The van der Waals surface area contributed by atoms with E-state index < -0.39 is 5.92 Å². The summed E-state index contributed by atoms with van der Waals surface area (Å²) in [5, 5.41) is 13.7. The van der Waals surface area contributed by atoms with Crippen LogP contribution >= 0.6 is 23.1 Å².